The van der Waals surface area contributed by atoms with Crippen LogP contribution >= 0.6 is 0 Å². The van der Waals surface area contributed by atoms with Crippen molar-refractivity contribution in [2.75, 3.05) is 0 Å². The lowest BCUT2D eigenvalue weighted by molar-refractivity contribution is -0.162. The zero-order chi connectivity index (χ0) is 12.7. The molecule has 0 radical (unpaired) electrons. The molecule has 4 aliphatic rings. The average Bonchev–Trinajstić information content (AvgIpc) is 3.21. The number of hydrogen-bond acceptors (Lipinski definition) is 2. The Morgan fingerprint density at radius 3 is 2.17 bits per heavy atom. The highest BCUT2D eigenvalue weighted by atomic mass is 16.4. The second-order valence-electron chi connectivity index (χ2n) is 6.79. The number of aliphatic carboxylic acids is 2. The normalized spacial score (nSPS) is 55.8. The molecule has 4 rings (SSSR count). The zero-order valence-electron chi connectivity index (χ0n) is 10.3. The van der Waals surface area contributed by atoms with Crippen molar-refractivity contribution in [1.82, 2.24) is 0 Å². The van der Waals surface area contributed by atoms with Gasteiger partial charge in [0.25, 0.3) is 0 Å². The molecule has 2 N–H and O–H groups in total. The third kappa shape index (κ3) is 0.895. The average molecular weight is 250 g/mol. The summed E-state index contributed by atoms with van der Waals surface area (Å²) in [6, 6.07) is 0. The van der Waals surface area contributed by atoms with Crippen molar-refractivity contribution in [3.8, 4) is 0 Å². The van der Waals surface area contributed by atoms with Gasteiger partial charge in [-0.25, -0.2) is 0 Å². The van der Waals surface area contributed by atoms with Gasteiger partial charge in [0.2, 0.25) is 0 Å². The van der Waals surface area contributed by atoms with E-state index >= 15 is 0 Å². The largest absolute Gasteiger partial charge is 0.481 e. The molecule has 0 heterocycles. The first-order chi connectivity index (χ1) is 8.55. The predicted molar refractivity (Wildman–Crippen MR) is 61.8 cm³/mol. The van der Waals surface area contributed by atoms with Crippen molar-refractivity contribution in [3.63, 3.8) is 0 Å². The summed E-state index contributed by atoms with van der Waals surface area (Å²) in [6.07, 6.45) is 5.67. The molecular formula is C14H18O4. The van der Waals surface area contributed by atoms with Gasteiger partial charge in [0.1, 0.15) is 0 Å². The monoisotopic (exact) mass is 250 g/mol. The van der Waals surface area contributed by atoms with E-state index in [2.05, 4.69) is 0 Å². The van der Waals surface area contributed by atoms with Gasteiger partial charge in [0, 0.05) is 0 Å². The number of hydrogen-bond donors (Lipinski definition) is 2. The first kappa shape index (κ1) is 10.8. The molecule has 4 heteroatoms. The summed E-state index contributed by atoms with van der Waals surface area (Å²) in [5.74, 6) is -0.390. The molecule has 6 unspecified atom stereocenters. The summed E-state index contributed by atoms with van der Waals surface area (Å²) in [7, 11) is 0. The molecule has 0 spiro atoms. The van der Waals surface area contributed by atoms with E-state index in [1.807, 2.05) is 0 Å². The van der Waals surface area contributed by atoms with E-state index in [9.17, 15) is 19.8 Å². The van der Waals surface area contributed by atoms with Crippen molar-refractivity contribution in [2.24, 2.45) is 34.5 Å². The second-order valence-corrected chi connectivity index (χ2v) is 6.79. The lowest BCUT2D eigenvalue weighted by Crippen LogP contribution is -2.45. The minimum Gasteiger partial charge on any atom is -0.481 e. The smallest absolute Gasteiger partial charge is 0.311 e. The Bertz CT molecular complexity index is 459. The first-order valence-electron chi connectivity index (χ1n) is 7.02. The number of carboxylic acid groups (broad SMARTS) is 2. The SMILES string of the molecule is O=C(O)C12CC1(C(=O)O)C1CC1C1CCCCC12. The molecular weight excluding hydrogens is 232 g/mol. The molecule has 4 nitrogen and oxygen atoms in total. The van der Waals surface area contributed by atoms with Crippen LogP contribution in [0.1, 0.15) is 38.5 Å². The topological polar surface area (TPSA) is 74.6 Å². The minimum absolute atomic E-state index is 0.128. The van der Waals surface area contributed by atoms with Gasteiger partial charge < -0.3 is 10.2 Å². The highest BCUT2D eigenvalue weighted by molar-refractivity contribution is 5.94. The second kappa shape index (κ2) is 2.91. The fourth-order valence-electron chi connectivity index (χ4n) is 5.71. The van der Waals surface area contributed by atoms with Gasteiger partial charge in [-0.05, 0) is 49.4 Å². The molecule has 4 aliphatic carbocycles. The van der Waals surface area contributed by atoms with Crippen molar-refractivity contribution >= 4 is 11.9 Å². The van der Waals surface area contributed by atoms with Crippen molar-refractivity contribution in [3.05, 3.63) is 0 Å². The Kier molecular flexibility index (Phi) is 1.75. The summed E-state index contributed by atoms with van der Waals surface area (Å²) < 4.78 is 0. The van der Waals surface area contributed by atoms with Gasteiger partial charge in [-0.3, -0.25) is 9.59 Å². The molecule has 6 atom stereocenters. The molecule has 0 aromatic rings. The molecule has 0 aliphatic heterocycles. The van der Waals surface area contributed by atoms with Gasteiger partial charge in [-0.15, -0.1) is 0 Å². The fraction of sp³-hybridized carbons (Fsp3) is 0.857. The molecule has 0 amide bonds. The molecule has 4 fully saturated rings. The lowest BCUT2D eigenvalue weighted by Gasteiger charge is -2.41. The fourth-order valence-corrected chi connectivity index (χ4v) is 5.71. The zero-order valence-corrected chi connectivity index (χ0v) is 10.3. The molecule has 0 aromatic carbocycles. The predicted octanol–water partition coefficient (Wildman–Crippen LogP) is 1.99. The van der Waals surface area contributed by atoms with Gasteiger partial charge in [0.15, 0.2) is 0 Å². The van der Waals surface area contributed by atoms with Crippen LogP contribution in [0.2, 0.25) is 0 Å². The van der Waals surface area contributed by atoms with Crippen LogP contribution in [0, 0.1) is 34.5 Å². The van der Waals surface area contributed by atoms with Crippen LogP contribution in [0.4, 0.5) is 0 Å². The Balaban J connectivity index is 1.82. The number of rotatable bonds is 2. The molecule has 0 bridgehead atoms. The van der Waals surface area contributed by atoms with Crippen LogP contribution in [0.3, 0.4) is 0 Å². The summed E-state index contributed by atoms with van der Waals surface area (Å²) in [6.45, 7) is 0. The Morgan fingerprint density at radius 1 is 0.889 bits per heavy atom. The standard InChI is InChI=1S/C14H18O4/c15-11(16)13-6-14(13,12(17)18)10-5-8(10)7-3-1-2-4-9(7)13/h7-10H,1-6H2,(H,15,16)(H,17,18). The van der Waals surface area contributed by atoms with E-state index < -0.39 is 22.8 Å². The van der Waals surface area contributed by atoms with Crippen LogP contribution < -0.4 is 0 Å². The summed E-state index contributed by atoms with van der Waals surface area (Å²) in [5, 5.41) is 19.2. The molecule has 98 valence electrons. The van der Waals surface area contributed by atoms with Crippen molar-refractivity contribution in [2.45, 2.75) is 38.5 Å². The van der Waals surface area contributed by atoms with E-state index in [0.717, 1.165) is 25.7 Å². The van der Waals surface area contributed by atoms with Crippen LogP contribution in [0.25, 0.3) is 0 Å². The highest BCUT2D eigenvalue weighted by Gasteiger charge is 2.88. The van der Waals surface area contributed by atoms with E-state index in [1.165, 1.54) is 6.42 Å². The maximum atomic E-state index is 11.8. The Morgan fingerprint density at radius 2 is 1.50 bits per heavy atom. The van der Waals surface area contributed by atoms with Crippen LogP contribution in [-0.2, 0) is 9.59 Å². The van der Waals surface area contributed by atoms with Gasteiger partial charge in [0.05, 0.1) is 10.8 Å². The third-order valence-corrected chi connectivity index (χ3v) is 6.47. The maximum Gasteiger partial charge on any atom is 0.311 e. The van der Waals surface area contributed by atoms with Crippen molar-refractivity contribution < 1.29 is 19.8 Å². The first-order valence-corrected chi connectivity index (χ1v) is 7.02. The summed E-state index contributed by atoms with van der Waals surface area (Å²) >= 11 is 0. The number of fused-ring (bicyclic) bond motifs is 6. The number of carbonyl (C=O) groups is 2. The Hall–Kier alpha value is -1.06. The lowest BCUT2D eigenvalue weighted by atomic mass is 9.61. The maximum absolute atomic E-state index is 11.8. The highest BCUT2D eigenvalue weighted by Crippen LogP contribution is 2.85. The van der Waals surface area contributed by atoms with E-state index in [4.69, 9.17) is 0 Å². The molecule has 18 heavy (non-hydrogen) atoms. The minimum atomic E-state index is -0.915. The van der Waals surface area contributed by atoms with E-state index in [1.54, 1.807) is 0 Å². The van der Waals surface area contributed by atoms with Gasteiger partial charge in [-0.2, -0.15) is 0 Å². The summed E-state index contributed by atoms with van der Waals surface area (Å²) in [5.41, 5.74) is -1.82. The quantitative estimate of drug-likeness (QED) is 0.786. The van der Waals surface area contributed by atoms with E-state index in [0.29, 0.717) is 18.3 Å². The molecule has 0 saturated heterocycles. The Labute approximate surface area is 105 Å². The van der Waals surface area contributed by atoms with Crippen molar-refractivity contribution in [1.29, 1.82) is 0 Å². The molecule has 0 aromatic heterocycles. The number of carboxylic acids is 2. The molecule has 4 saturated carbocycles. The van der Waals surface area contributed by atoms with Gasteiger partial charge >= 0.3 is 11.9 Å². The van der Waals surface area contributed by atoms with Gasteiger partial charge in [-0.1, -0.05) is 12.8 Å². The summed E-state index contributed by atoms with van der Waals surface area (Å²) in [4.78, 5) is 23.5. The van der Waals surface area contributed by atoms with E-state index in [-0.39, 0.29) is 11.8 Å². The van der Waals surface area contributed by atoms with Crippen LogP contribution in [-0.4, -0.2) is 22.2 Å². The van der Waals surface area contributed by atoms with Crippen LogP contribution in [0.15, 0.2) is 0 Å². The van der Waals surface area contributed by atoms with Crippen LogP contribution in [0.5, 0.6) is 0 Å². The third-order valence-electron chi connectivity index (χ3n) is 6.47.